The molecule has 0 bridgehead atoms. The maximum absolute atomic E-state index is 5.85. The molecule has 0 radical (unpaired) electrons. The second-order valence-corrected chi connectivity index (χ2v) is 6.15. The number of hydrogen-bond donors (Lipinski definition) is 1. The van der Waals surface area contributed by atoms with E-state index in [0.717, 1.165) is 18.7 Å². The van der Waals surface area contributed by atoms with Gasteiger partial charge in [0.05, 0.1) is 19.3 Å². The fourth-order valence-electron chi connectivity index (χ4n) is 3.10. The summed E-state index contributed by atoms with van der Waals surface area (Å²) in [7, 11) is 3.58. The molecule has 0 heterocycles. The Labute approximate surface area is 129 Å². The van der Waals surface area contributed by atoms with Crippen molar-refractivity contribution in [2.75, 3.05) is 20.8 Å². The first-order valence-corrected chi connectivity index (χ1v) is 8.03. The molecule has 0 saturated heterocycles. The highest BCUT2D eigenvalue weighted by Crippen LogP contribution is 2.41. The lowest BCUT2D eigenvalue weighted by atomic mass is 9.92. The lowest BCUT2D eigenvalue weighted by Gasteiger charge is -2.29. The standard InChI is InChI=1S/C18H29NO2/c1-6-9-19-17(18(21-5)14-7-8-14)15-10-13(3)16(20-4)11-12(15)2/h10-11,14,17-19H,6-9H2,1-5H3. The lowest BCUT2D eigenvalue weighted by Crippen LogP contribution is -2.35. The van der Waals surface area contributed by atoms with Crippen LogP contribution in [0.1, 0.15) is 48.9 Å². The summed E-state index contributed by atoms with van der Waals surface area (Å²) in [6, 6.07) is 4.67. The molecular weight excluding hydrogens is 262 g/mol. The number of nitrogens with one attached hydrogen (secondary N) is 1. The van der Waals surface area contributed by atoms with Crippen molar-refractivity contribution in [3.05, 3.63) is 28.8 Å². The van der Waals surface area contributed by atoms with Crippen LogP contribution in [0, 0.1) is 19.8 Å². The van der Waals surface area contributed by atoms with E-state index in [4.69, 9.17) is 9.47 Å². The maximum atomic E-state index is 5.85. The fourth-order valence-corrected chi connectivity index (χ4v) is 3.10. The third-order valence-corrected chi connectivity index (χ3v) is 4.42. The van der Waals surface area contributed by atoms with Gasteiger partial charge in [-0.1, -0.05) is 13.0 Å². The molecule has 2 rings (SSSR count). The number of rotatable bonds is 8. The second-order valence-electron chi connectivity index (χ2n) is 6.15. The third-order valence-electron chi connectivity index (χ3n) is 4.42. The Kier molecular flexibility index (Phi) is 5.65. The van der Waals surface area contributed by atoms with Crippen LogP contribution in [-0.4, -0.2) is 26.9 Å². The van der Waals surface area contributed by atoms with Crippen molar-refractivity contribution in [3.63, 3.8) is 0 Å². The first-order valence-electron chi connectivity index (χ1n) is 8.03. The minimum Gasteiger partial charge on any atom is -0.496 e. The van der Waals surface area contributed by atoms with Gasteiger partial charge in [0, 0.05) is 7.11 Å². The molecule has 1 saturated carbocycles. The highest BCUT2D eigenvalue weighted by atomic mass is 16.5. The van der Waals surface area contributed by atoms with Crippen LogP contribution in [0.25, 0.3) is 0 Å². The van der Waals surface area contributed by atoms with Crippen LogP contribution in [0.15, 0.2) is 12.1 Å². The van der Waals surface area contributed by atoms with E-state index in [9.17, 15) is 0 Å². The molecule has 0 amide bonds. The van der Waals surface area contributed by atoms with Gasteiger partial charge in [-0.25, -0.2) is 0 Å². The van der Waals surface area contributed by atoms with Gasteiger partial charge in [-0.3, -0.25) is 0 Å². The Morgan fingerprint density at radius 3 is 2.43 bits per heavy atom. The van der Waals surface area contributed by atoms with Gasteiger partial charge in [-0.2, -0.15) is 0 Å². The average Bonchev–Trinajstić information content (AvgIpc) is 3.30. The Morgan fingerprint density at radius 1 is 1.19 bits per heavy atom. The number of benzene rings is 1. The number of ether oxygens (including phenoxy) is 2. The molecule has 118 valence electrons. The molecule has 3 nitrogen and oxygen atoms in total. The summed E-state index contributed by atoms with van der Waals surface area (Å²) in [5.74, 6) is 1.66. The van der Waals surface area contributed by atoms with Crippen LogP contribution in [0.5, 0.6) is 5.75 Å². The molecule has 3 heteroatoms. The van der Waals surface area contributed by atoms with E-state index in [1.165, 1.54) is 29.5 Å². The zero-order chi connectivity index (χ0) is 15.4. The van der Waals surface area contributed by atoms with Crippen LogP contribution in [0.2, 0.25) is 0 Å². The van der Waals surface area contributed by atoms with Crippen molar-refractivity contribution in [1.82, 2.24) is 5.32 Å². The number of methoxy groups -OCH3 is 2. The highest BCUT2D eigenvalue weighted by molar-refractivity contribution is 5.43. The summed E-state index contributed by atoms with van der Waals surface area (Å²) < 4.78 is 11.3. The highest BCUT2D eigenvalue weighted by Gasteiger charge is 2.37. The number of aryl methyl sites for hydroxylation is 2. The molecule has 21 heavy (non-hydrogen) atoms. The van der Waals surface area contributed by atoms with E-state index >= 15 is 0 Å². The molecule has 2 unspecified atom stereocenters. The van der Waals surface area contributed by atoms with Crippen LogP contribution in [-0.2, 0) is 4.74 Å². The van der Waals surface area contributed by atoms with Crippen molar-refractivity contribution in [3.8, 4) is 5.75 Å². The van der Waals surface area contributed by atoms with Gasteiger partial charge in [0.1, 0.15) is 5.75 Å². The van der Waals surface area contributed by atoms with Crippen LogP contribution in [0.3, 0.4) is 0 Å². The summed E-state index contributed by atoms with van der Waals surface area (Å²) >= 11 is 0. The molecule has 2 atom stereocenters. The van der Waals surface area contributed by atoms with E-state index in [1.54, 1.807) is 7.11 Å². The minimum absolute atomic E-state index is 0.267. The van der Waals surface area contributed by atoms with E-state index in [0.29, 0.717) is 5.92 Å². The molecule has 1 aliphatic rings. The molecule has 0 aromatic heterocycles. The molecule has 1 N–H and O–H groups in total. The van der Waals surface area contributed by atoms with Gasteiger partial charge in [-0.15, -0.1) is 0 Å². The lowest BCUT2D eigenvalue weighted by molar-refractivity contribution is 0.0505. The summed E-state index contributed by atoms with van der Waals surface area (Å²) in [6.45, 7) is 7.49. The second kappa shape index (κ2) is 7.28. The normalized spacial score (nSPS) is 17.6. The molecule has 0 spiro atoms. The maximum Gasteiger partial charge on any atom is 0.122 e. The van der Waals surface area contributed by atoms with Crippen LogP contribution < -0.4 is 10.1 Å². The molecule has 0 aliphatic heterocycles. The van der Waals surface area contributed by atoms with Gasteiger partial charge in [0.15, 0.2) is 0 Å². The Morgan fingerprint density at radius 2 is 1.90 bits per heavy atom. The molecule has 1 aliphatic carbocycles. The predicted molar refractivity (Wildman–Crippen MR) is 87.0 cm³/mol. The van der Waals surface area contributed by atoms with E-state index in [2.05, 4.69) is 38.2 Å². The van der Waals surface area contributed by atoms with Gasteiger partial charge in [0.25, 0.3) is 0 Å². The van der Waals surface area contributed by atoms with Crippen molar-refractivity contribution in [1.29, 1.82) is 0 Å². The van der Waals surface area contributed by atoms with Crippen molar-refractivity contribution < 1.29 is 9.47 Å². The van der Waals surface area contributed by atoms with Gasteiger partial charge < -0.3 is 14.8 Å². The molecular formula is C18H29NO2. The SMILES string of the molecule is CCCNC(c1cc(C)c(OC)cc1C)C(OC)C1CC1. The average molecular weight is 291 g/mol. The predicted octanol–water partition coefficient (Wildman–Crippen LogP) is 3.78. The van der Waals surface area contributed by atoms with E-state index < -0.39 is 0 Å². The van der Waals surface area contributed by atoms with Crippen LogP contribution >= 0.6 is 0 Å². The largest absolute Gasteiger partial charge is 0.496 e. The third kappa shape index (κ3) is 3.78. The number of hydrogen-bond acceptors (Lipinski definition) is 3. The van der Waals surface area contributed by atoms with Gasteiger partial charge in [0.2, 0.25) is 0 Å². The smallest absolute Gasteiger partial charge is 0.122 e. The Bertz CT molecular complexity index is 469. The minimum atomic E-state index is 0.267. The molecule has 1 aromatic carbocycles. The van der Waals surface area contributed by atoms with Crippen molar-refractivity contribution >= 4 is 0 Å². The molecule has 1 aromatic rings. The zero-order valence-electron chi connectivity index (χ0n) is 14.0. The van der Waals surface area contributed by atoms with Crippen molar-refractivity contribution in [2.45, 2.75) is 52.2 Å². The summed E-state index contributed by atoms with van der Waals surface area (Å²) in [5.41, 5.74) is 3.81. The van der Waals surface area contributed by atoms with Crippen LogP contribution in [0.4, 0.5) is 0 Å². The summed E-state index contributed by atoms with van der Waals surface area (Å²) in [4.78, 5) is 0. The topological polar surface area (TPSA) is 30.5 Å². The summed E-state index contributed by atoms with van der Waals surface area (Å²) in [5, 5.41) is 3.70. The van der Waals surface area contributed by atoms with E-state index in [-0.39, 0.29) is 12.1 Å². The van der Waals surface area contributed by atoms with Gasteiger partial charge in [-0.05, 0) is 68.3 Å². The Hall–Kier alpha value is -1.06. The zero-order valence-corrected chi connectivity index (χ0v) is 14.0. The van der Waals surface area contributed by atoms with Crippen molar-refractivity contribution in [2.24, 2.45) is 5.92 Å². The monoisotopic (exact) mass is 291 g/mol. The van der Waals surface area contributed by atoms with Gasteiger partial charge >= 0.3 is 0 Å². The fraction of sp³-hybridized carbons (Fsp3) is 0.667. The van der Waals surface area contributed by atoms with E-state index in [1.807, 2.05) is 7.11 Å². The summed E-state index contributed by atoms with van der Waals surface area (Å²) in [6.07, 6.45) is 3.97. The first-order chi connectivity index (χ1) is 10.1. The first kappa shape index (κ1) is 16.3. The Balaban J connectivity index is 2.33. The molecule has 1 fully saturated rings. The quantitative estimate of drug-likeness (QED) is 0.790.